The van der Waals surface area contributed by atoms with Gasteiger partial charge in [0.15, 0.2) is 11.5 Å². The summed E-state index contributed by atoms with van der Waals surface area (Å²) in [6.45, 7) is 0.867. The van der Waals surface area contributed by atoms with Crippen LogP contribution in [0.15, 0.2) is 18.2 Å². The maximum absolute atomic E-state index is 13.2. The van der Waals surface area contributed by atoms with Crippen LogP contribution >= 0.6 is 0 Å². The Balaban J connectivity index is 1.91. The van der Waals surface area contributed by atoms with Gasteiger partial charge >= 0.3 is 0 Å². The van der Waals surface area contributed by atoms with Crippen LogP contribution in [0, 0.1) is 5.92 Å². The van der Waals surface area contributed by atoms with E-state index in [9.17, 15) is 9.90 Å². The molecule has 1 aliphatic carbocycles. The summed E-state index contributed by atoms with van der Waals surface area (Å²) in [4.78, 5) is 15.1. The van der Waals surface area contributed by atoms with Gasteiger partial charge in [0, 0.05) is 12.5 Å². The molecule has 1 heterocycles. The van der Waals surface area contributed by atoms with Gasteiger partial charge in [-0.1, -0.05) is 25.3 Å². The van der Waals surface area contributed by atoms with Gasteiger partial charge in [-0.2, -0.15) is 0 Å². The summed E-state index contributed by atoms with van der Waals surface area (Å²) in [6, 6.07) is 5.32. The number of nitrogens with zero attached hydrogens (tertiary/aromatic N) is 1. The van der Waals surface area contributed by atoms with Gasteiger partial charge in [0.2, 0.25) is 5.91 Å². The molecule has 1 aromatic carbocycles. The highest BCUT2D eigenvalue weighted by molar-refractivity contribution is 5.79. The number of carbonyl (C=O) groups excluding carboxylic acids is 1. The van der Waals surface area contributed by atoms with Crippen LogP contribution in [0.5, 0.6) is 11.5 Å². The SMILES string of the molecule is COc1ccc([C@@H]2[C@@H](CO)OCCN2C(=O)C2CCCCC2)cc1OC. The molecule has 1 saturated carbocycles. The van der Waals surface area contributed by atoms with E-state index >= 15 is 0 Å². The average molecular weight is 363 g/mol. The van der Waals surface area contributed by atoms with Crippen molar-refractivity contribution in [3.8, 4) is 11.5 Å². The van der Waals surface area contributed by atoms with Crippen molar-refractivity contribution < 1.29 is 24.1 Å². The Morgan fingerprint density at radius 2 is 1.92 bits per heavy atom. The number of hydrogen-bond donors (Lipinski definition) is 1. The largest absolute Gasteiger partial charge is 0.493 e. The number of carbonyl (C=O) groups is 1. The lowest BCUT2D eigenvalue weighted by atomic mass is 9.87. The van der Waals surface area contributed by atoms with Crippen LogP contribution in [0.2, 0.25) is 0 Å². The van der Waals surface area contributed by atoms with Crippen molar-refractivity contribution in [1.29, 1.82) is 0 Å². The summed E-state index contributed by atoms with van der Waals surface area (Å²) < 4.78 is 16.5. The molecule has 1 aliphatic heterocycles. The van der Waals surface area contributed by atoms with Crippen LogP contribution in [-0.2, 0) is 9.53 Å². The molecule has 2 aliphatic rings. The molecule has 1 aromatic rings. The second-order valence-corrected chi connectivity index (χ2v) is 7.02. The van der Waals surface area contributed by atoms with E-state index in [1.807, 2.05) is 23.1 Å². The van der Waals surface area contributed by atoms with Crippen molar-refractivity contribution >= 4 is 5.91 Å². The first-order chi connectivity index (χ1) is 12.7. The van der Waals surface area contributed by atoms with Crippen molar-refractivity contribution in [3.63, 3.8) is 0 Å². The van der Waals surface area contributed by atoms with Crippen LogP contribution < -0.4 is 9.47 Å². The first kappa shape index (κ1) is 19.0. The molecule has 0 bridgehead atoms. The molecule has 0 aromatic heterocycles. The van der Waals surface area contributed by atoms with E-state index in [4.69, 9.17) is 14.2 Å². The standard InChI is InChI=1S/C20H29NO5/c1-24-16-9-8-15(12-17(16)25-2)19-18(13-22)26-11-10-21(19)20(23)14-6-4-3-5-7-14/h8-9,12,14,18-19,22H,3-7,10-11,13H2,1-2H3/t18-,19-/m1/s1. The topological polar surface area (TPSA) is 68.2 Å². The van der Waals surface area contributed by atoms with E-state index in [1.165, 1.54) is 6.42 Å². The molecule has 2 fully saturated rings. The van der Waals surface area contributed by atoms with E-state index in [1.54, 1.807) is 14.2 Å². The second-order valence-electron chi connectivity index (χ2n) is 7.02. The number of methoxy groups -OCH3 is 2. The van der Waals surface area contributed by atoms with Gasteiger partial charge in [0.25, 0.3) is 0 Å². The monoisotopic (exact) mass is 363 g/mol. The smallest absolute Gasteiger partial charge is 0.226 e. The quantitative estimate of drug-likeness (QED) is 0.871. The summed E-state index contributed by atoms with van der Waals surface area (Å²) in [5, 5.41) is 9.84. The third kappa shape index (κ3) is 3.81. The van der Waals surface area contributed by atoms with Gasteiger partial charge in [0.1, 0.15) is 6.10 Å². The van der Waals surface area contributed by atoms with Crippen LogP contribution in [0.1, 0.15) is 43.7 Å². The van der Waals surface area contributed by atoms with Crippen LogP contribution in [0.4, 0.5) is 0 Å². The Hall–Kier alpha value is -1.79. The van der Waals surface area contributed by atoms with Gasteiger partial charge in [0.05, 0.1) is 33.5 Å². The Kier molecular flexibility index (Phi) is 6.38. The minimum atomic E-state index is -0.436. The van der Waals surface area contributed by atoms with E-state index in [0.29, 0.717) is 24.7 Å². The van der Waals surface area contributed by atoms with Crippen LogP contribution in [0.3, 0.4) is 0 Å². The van der Waals surface area contributed by atoms with Crippen LogP contribution in [0.25, 0.3) is 0 Å². The fourth-order valence-electron chi connectivity index (χ4n) is 4.15. The number of aliphatic hydroxyl groups is 1. The van der Waals surface area contributed by atoms with Crippen molar-refractivity contribution in [1.82, 2.24) is 4.90 Å². The molecule has 6 heteroatoms. The lowest BCUT2D eigenvalue weighted by molar-refractivity contribution is -0.155. The van der Waals surface area contributed by atoms with Crippen molar-refractivity contribution in [3.05, 3.63) is 23.8 Å². The molecule has 0 spiro atoms. The minimum absolute atomic E-state index is 0.0869. The fraction of sp³-hybridized carbons (Fsp3) is 0.650. The van der Waals surface area contributed by atoms with Crippen LogP contribution in [-0.4, -0.2) is 56.0 Å². The molecule has 0 radical (unpaired) electrons. The molecule has 26 heavy (non-hydrogen) atoms. The summed E-state index contributed by atoms with van der Waals surface area (Å²) in [7, 11) is 3.18. The molecule has 1 saturated heterocycles. The molecular formula is C20H29NO5. The number of amides is 1. The zero-order chi connectivity index (χ0) is 18.5. The lowest BCUT2D eigenvalue weighted by Crippen LogP contribution is -2.51. The number of morpholine rings is 1. The van der Waals surface area contributed by atoms with Gasteiger partial charge in [-0.15, -0.1) is 0 Å². The van der Waals surface area contributed by atoms with E-state index < -0.39 is 6.10 Å². The normalized spacial score (nSPS) is 24.3. The fourth-order valence-corrected chi connectivity index (χ4v) is 4.15. The highest BCUT2D eigenvalue weighted by atomic mass is 16.5. The summed E-state index contributed by atoms with van der Waals surface area (Å²) >= 11 is 0. The van der Waals surface area contributed by atoms with E-state index in [-0.39, 0.29) is 24.5 Å². The number of aliphatic hydroxyl groups excluding tert-OH is 1. The van der Waals surface area contributed by atoms with Crippen molar-refractivity contribution in [2.24, 2.45) is 5.92 Å². The van der Waals surface area contributed by atoms with Gasteiger partial charge in [-0.25, -0.2) is 0 Å². The first-order valence-electron chi connectivity index (χ1n) is 9.44. The molecule has 144 valence electrons. The predicted molar refractivity (Wildman–Crippen MR) is 97.4 cm³/mol. The van der Waals surface area contributed by atoms with Gasteiger partial charge in [-0.3, -0.25) is 4.79 Å². The Morgan fingerprint density at radius 1 is 1.19 bits per heavy atom. The van der Waals surface area contributed by atoms with E-state index in [2.05, 4.69) is 0 Å². The molecule has 2 atom stereocenters. The average Bonchev–Trinajstić information content (AvgIpc) is 2.72. The number of hydrogen-bond acceptors (Lipinski definition) is 5. The minimum Gasteiger partial charge on any atom is -0.493 e. The summed E-state index contributed by atoms with van der Waals surface area (Å²) in [5.41, 5.74) is 0.894. The van der Waals surface area contributed by atoms with Crippen molar-refractivity contribution in [2.45, 2.75) is 44.2 Å². The molecule has 0 unspecified atom stereocenters. The second kappa shape index (κ2) is 8.73. The Bertz CT molecular complexity index is 614. The highest BCUT2D eigenvalue weighted by Gasteiger charge is 2.39. The summed E-state index contributed by atoms with van der Waals surface area (Å²) in [5.74, 6) is 1.52. The van der Waals surface area contributed by atoms with Gasteiger partial charge in [-0.05, 0) is 30.5 Å². The number of ether oxygens (including phenoxy) is 3. The number of benzene rings is 1. The summed E-state index contributed by atoms with van der Waals surface area (Å²) in [6.07, 6.45) is 4.92. The molecule has 1 N–H and O–H groups in total. The molecule has 1 amide bonds. The molecular weight excluding hydrogens is 334 g/mol. The Labute approximate surface area is 155 Å². The molecule has 3 rings (SSSR count). The Morgan fingerprint density at radius 3 is 2.58 bits per heavy atom. The maximum Gasteiger partial charge on any atom is 0.226 e. The highest BCUT2D eigenvalue weighted by Crippen LogP contribution is 2.37. The first-order valence-corrected chi connectivity index (χ1v) is 9.44. The lowest BCUT2D eigenvalue weighted by Gasteiger charge is -2.42. The third-order valence-electron chi connectivity index (χ3n) is 5.52. The molecule has 6 nitrogen and oxygen atoms in total. The van der Waals surface area contributed by atoms with E-state index in [0.717, 1.165) is 31.2 Å². The van der Waals surface area contributed by atoms with Crippen molar-refractivity contribution in [2.75, 3.05) is 34.0 Å². The zero-order valence-corrected chi connectivity index (χ0v) is 15.6. The third-order valence-corrected chi connectivity index (χ3v) is 5.52. The predicted octanol–water partition coefficient (Wildman–Crippen LogP) is 2.54. The maximum atomic E-state index is 13.2. The number of rotatable bonds is 5. The zero-order valence-electron chi connectivity index (χ0n) is 15.6. The van der Waals surface area contributed by atoms with Gasteiger partial charge < -0.3 is 24.2 Å².